The van der Waals surface area contributed by atoms with Crippen molar-refractivity contribution in [2.75, 3.05) is 6.54 Å². The van der Waals surface area contributed by atoms with Crippen molar-refractivity contribution < 1.29 is 4.79 Å². The van der Waals surface area contributed by atoms with Gasteiger partial charge >= 0.3 is 0 Å². The van der Waals surface area contributed by atoms with Crippen LogP contribution in [0.25, 0.3) is 0 Å². The number of nitrogens with one attached hydrogen (secondary N) is 1. The van der Waals surface area contributed by atoms with Gasteiger partial charge in [-0.1, -0.05) is 13.5 Å². The van der Waals surface area contributed by atoms with Crippen molar-refractivity contribution in [2.24, 2.45) is 0 Å². The van der Waals surface area contributed by atoms with Gasteiger partial charge in [-0.3, -0.25) is 4.79 Å². The topological polar surface area (TPSA) is 29.1 Å². The molecule has 1 N–H and O–H groups in total. The Labute approximate surface area is 82.3 Å². The molecule has 1 unspecified atom stereocenters. The largest absolute Gasteiger partial charge is 0.352 e. The number of thiophene rings is 1. The third-order valence-electron chi connectivity index (χ3n) is 1.88. The zero-order chi connectivity index (χ0) is 9.68. The molecular weight excluding hydrogens is 182 g/mol. The second-order valence-corrected chi connectivity index (χ2v) is 3.69. The highest BCUT2D eigenvalue weighted by Gasteiger charge is 2.05. The summed E-state index contributed by atoms with van der Waals surface area (Å²) in [7, 11) is 0. The highest BCUT2D eigenvalue weighted by atomic mass is 32.1. The van der Waals surface area contributed by atoms with Gasteiger partial charge in [0.25, 0.3) is 0 Å². The number of rotatable bonds is 4. The third kappa shape index (κ3) is 3.03. The predicted molar refractivity (Wildman–Crippen MR) is 55.9 cm³/mol. The van der Waals surface area contributed by atoms with Crippen molar-refractivity contribution in [3.63, 3.8) is 0 Å². The van der Waals surface area contributed by atoms with E-state index < -0.39 is 0 Å². The van der Waals surface area contributed by atoms with E-state index in [1.807, 2.05) is 5.38 Å². The first-order valence-electron chi connectivity index (χ1n) is 4.16. The average Bonchev–Trinajstić information content (AvgIpc) is 2.66. The fourth-order valence-electron chi connectivity index (χ4n) is 0.999. The Hall–Kier alpha value is -1.09. The first-order valence-corrected chi connectivity index (χ1v) is 5.10. The van der Waals surface area contributed by atoms with Crippen LogP contribution in [0.4, 0.5) is 0 Å². The summed E-state index contributed by atoms with van der Waals surface area (Å²) in [5.74, 6) is 0.261. The molecule has 1 aromatic rings. The van der Waals surface area contributed by atoms with Gasteiger partial charge in [0.1, 0.15) is 0 Å². The lowest BCUT2D eigenvalue weighted by atomic mass is 10.1. The van der Waals surface area contributed by atoms with Crippen LogP contribution in [0.1, 0.15) is 18.4 Å². The van der Waals surface area contributed by atoms with Crippen LogP contribution in [0, 0.1) is 0 Å². The molecule has 0 radical (unpaired) electrons. The number of carbonyl (C=O) groups excluding carboxylic acids is 1. The van der Waals surface area contributed by atoms with E-state index in [9.17, 15) is 4.79 Å². The molecule has 1 rings (SSSR count). The lowest BCUT2D eigenvalue weighted by Gasteiger charge is -2.09. The van der Waals surface area contributed by atoms with E-state index in [1.54, 1.807) is 11.3 Å². The molecule has 13 heavy (non-hydrogen) atoms. The zero-order valence-corrected chi connectivity index (χ0v) is 8.43. The molecule has 0 aliphatic carbocycles. The summed E-state index contributed by atoms with van der Waals surface area (Å²) in [6.45, 7) is 6.15. The average molecular weight is 195 g/mol. The van der Waals surface area contributed by atoms with Gasteiger partial charge in [0.2, 0.25) is 5.91 Å². The molecule has 0 bridgehead atoms. The summed E-state index contributed by atoms with van der Waals surface area (Å²) in [5.41, 5.74) is 1.27. The standard InChI is InChI=1S/C10H13NOS/c1-3-10(12)11-6-8(2)9-4-5-13-7-9/h3-5,7-8H,1,6H2,2H3,(H,11,12). The molecule has 1 amide bonds. The van der Waals surface area contributed by atoms with Gasteiger partial charge in [0.15, 0.2) is 0 Å². The van der Waals surface area contributed by atoms with E-state index in [4.69, 9.17) is 0 Å². The predicted octanol–water partition coefficient (Wildman–Crippen LogP) is 2.15. The van der Waals surface area contributed by atoms with Crippen molar-refractivity contribution in [1.82, 2.24) is 5.32 Å². The summed E-state index contributed by atoms with van der Waals surface area (Å²) >= 11 is 1.68. The van der Waals surface area contributed by atoms with Crippen molar-refractivity contribution in [3.8, 4) is 0 Å². The Morgan fingerprint density at radius 1 is 1.85 bits per heavy atom. The maximum atomic E-state index is 10.9. The smallest absolute Gasteiger partial charge is 0.243 e. The Kier molecular flexibility index (Phi) is 3.71. The van der Waals surface area contributed by atoms with Gasteiger partial charge in [-0.25, -0.2) is 0 Å². The molecule has 1 atom stereocenters. The molecule has 3 heteroatoms. The quantitative estimate of drug-likeness (QED) is 0.733. The maximum Gasteiger partial charge on any atom is 0.243 e. The minimum atomic E-state index is -0.109. The Bertz CT molecular complexity index is 279. The second kappa shape index (κ2) is 4.82. The summed E-state index contributed by atoms with van der Waals surface area (Å²) in [4.78, 5) is 10.9. The molecule has 0 fully saturated rings. The van der Waals surface area contributed by atoms with Gasteiger partial charge < -0.3 is 5.32 Å². The van der Waals surface area contributed by atoms with Crippen LogP contribution in [0.15, 0.2) is 29.5 Å². The van der Waals surface area contributed by atoms with Gasteiger partial charge in [0.05, 0.1) is 0 Å². The molecule has 0 aromatic carbocycles. The molecule has 0 saturated heterocycles. The maximum absolute atomic E-state index is 10.9. The van der Waals surface area contributed by atoms with E-state index in [0.717, 1.165) is 0 Å². The molecule has 0 aliphatic rings. The molecule has 70 valence electrons. The van der Waals surface area contributed by atoms with Crippen LogP contribution in [0.3, 0.4) is 0 Å². The van der Waals surface area contributed by atoms with Gasteiger partial charge in [-0.15, -0.1) is 0 Å². The van der Waals surface area contributed by atoms with Crippen LogP contribution < -0.4 is 5.32 Å². The number of hydrogen-bond donors (Lipinski definition) is 1. The van der Waals surface area contributed by atoms with Crippen LogP contribution >= 0.6 is 11.3 Å². The van der Waals surface area contributed by atoms with E-state index in [-0.39, 0.29) is 5.91 Å². The number of amides is 1. The Balaban J connectivity index is 2.38. The van der Waals surface area contributed by atoms with Crippen LogP contribution in [0.5, 0.6) is 0 Å². The third-order valence-corrected chi connectivity index (χ3v) is 2.58. The zero-order valence-electron chi connectivity index (χ0n) is 7.62. The van der Waals surface area contributed by atoms with Crippen LogP contribution in [-0.4, -0.2) is 12.5 Å². The lowest BCUT2D eigenvalue weighted by Crippen LogP contribution is -2.25. The van der Waals surface area contributed by atoms with Crippen LogP contribution in [-0.2, 0) is 4.79 Å². The molecule has 1 heterocycles. The second-order valence-electron chi connectivity index (χ2n) is 2.91. The first-order chi connectivity index (χ1) is 6.24. The van der Waals surface area contributed by atoms with E-state index in [1.165, 1.54) is 11.6 Å². The fourth-order valence-corrected chi connectivity index (χ4v) is 1.78. The van der Waals surface area contributed by atoms with Crippen molar-refractivity contribution in [3.05, 3.63) is 35.0 Å². The molecule has 0 saturated carbocycles. The number of hydrogen-bond acceptors (Lipinski definition) is 2. The van der Waals surface area contributed by atoms with Gasteiger partial charge in [-0.2, -0.15) is 11.3 Å². The molecule has 0 aliphatic heterocycles. The lowest BCUT2D eigenvalue weighted by molar-refractivity contribution is -0.116. The highest BCUT2D eigenvalue weighted by molar-refractivity contribution is 7.07. The summed E-state index contributed by atoms with van der Waals surface area (Å²) in [5, 5.41) is 6.91. The molecule has 0 spiro atoms. The minimum Gasteiger partial charge on any atom is -0.352 e. The number of carbonyl (C=O) groups is 1. The van der Waals surface area contributed by atoms with E-state index >= 15 is 0 Å². The SMILES string of the molecule is C=CC(=O)NCC(C)c1ccsc1. The van der Waals surface area contributed by atoms with Crippen molar-refractivity contribution in [1.29, 1.82) is 0 Å². The van der Waals surface area contributed by atoms with Gasteiger partial charge in [0, 0.05) is 6.54 Å². The first kappa shape index (κ1) is 9.99. The molecular formula is C10H13NOS. The van der Waals surface area contributed by atoms with Crippen molar-refractivity contribution in [2.45, 2.75) is 12.8 Å². The normalized spacial score (nSPS) is 12.1. The highest BCUT2D eigenvalue weighted by Crippen LogP contribution is 2.16. The van der Waals surface area contributed by atoms with E-state index in [0.29, 0.717) is 12.5 Å². The Morgan fingerprint density at radius 3 is 3.15 bits per heavy atom. The van der Waals surface area contributed by atoms with Gasteiger partial charge in [-0.05, 0) is 34.4 Å². The Morgan fingerprint density at radius 2 is 2.62 bits per heavy atom. The summed E-state index contributed by atoms with van der Waals surface area (Å²) in [6.07, 6.45) is 1.29. The van der Waals surface area contributed by atoms with E-state index in [2.05, 4.69) is 30.3 Å². The monoisotopic (exact) mass is 195 g/mol. The summed E-state index contributed by atoms with van der Waals surface area (Å²) < 4.78 is 0. The molecule has 2 nitrogen and oxygen atoms in total. The summed E-state index contributed by atoms with van der Waals surface area (Å²) in [6, 6.07) is 2.08. The molecule has 1 aromatic heterocycles. The van der Waals surface area contributed by atoms with Crippen LogP contribution in [0.2, 0.25) is 0 Å². The van der Waals surface area contributed by atoms with Crippen molar-refractivity contribution >= 4 is 17.2 Å². The minimum absolute atomic E-state index is 0.109. The fraction of sp³-hybridized carbons (Fsp3) is 0.300.